The fourth-order valence-electron chi connectivity index (χ4n) is 2.51. The van der Waals surface area contributed by atoms with Crippen LogP contribution in [0.5, 0.6) is 0 Å². The van der Waals surface area contributed by atoms with Gasteiger partial charge in [-0.3, -0.25) is 0 Å². The van der Waals surface area contributed by atoms with Crippen LogP contribution >= 0.6 is 0 Å². The first kappa shape index (κ1) is 19.6. The Kier molecular flexibility index (Phi) is 6.44. The van der Waals surface area contributed by atoms with E-state index in [0.29, 0.717) is 13.1 Å². The smallest absolute Gasteiger partial charge is 0.395 e. The Morgan fingerprint density at radius 1 is 1.00 bits per heavy atom. The molecule has 0 saturated heterocycles. The summed E-state index contributed by atoms with van der Waals surface area (Å²) < 4.78 is 39.1. The standard InChI is InChI=1S/C20H20F3NO2/c1-15(20(21,22)23)18(19(25)26)14-24(12-16-8-4-2-5-9-16)13-17-10-6-3-7-11-17/h2-11,14-15H,12-13H2,1H3,(H,25,26)/b18-14+. The summed E-state index contributed by atoms with van der Waals surface area (Å²) in [6, 6.07) is 18.4. The first-order valence-corrected chi connectivity index (χ1v) is 8.11. The number of halogens is 3. The van der Waals surface area contributed by atoms with Gasteiger partial charge in [-0.15, -0.1) is 0 Å². The minimum atomic E-state index is -4.62. The minimum Gasteiger partial charge on any atom is -0.478 e. The fourth-order valence-corrected chi connectivity index (χ4v) is 2.51. The van der Waals surface area contributed by atoms with Gasteiger partial charge in [-0.1, -0.05) is 60.7 Å². The van der Waals surface area contributed by atoms with Crippen molar-refractivity contribution in [3.8, 4) is 0 Å². The van der Waals surface area contributed by atoms with Gasteiger partial charge in [-0.05, 0) is 18.1 Å². The van der Waals surface area contributed by atoms with Crippen LogP contribution in [0.2, 0.25) is 0 Å². The molecule has 0 aliphatic rings. The maximum absolute atomic E-state index is 13.0. The van der Waals surface area contributed by atoms with Gasteiger partial charge in [0.15, 0.2) is 0 Å². The molecule has 0 aliphatic carbocycles. The summed E-state index contributed by atoms with van der Waals surface area (Å²) in [4.78, 5) is 13.0. The van der Waals surface area contributed by atoms with E-state index in [1.807, 2.05) is 60.7 Å². The van der Waals surface area contributed by atoms with E-state index in [-0.39, 0.29) is 0 Å². The zero-order chi connectivity index (χ0) is 19.2. The molecule has 0 amide bonds. The second-order valence-corrected chi connectivity index (χ2v) is 6.03. The van der Waals surface area contributed by atoms with Crippen molar-refractivity contribution in [2.45, 2.75) is 26.2 Å². The molecule has 1 atom stereocenters. The Morgan fingerprint density at radius 3 is 1.77 bits per heavy atom. The molecule has 2 rings (SSSR count). The first-order valence-electron chi connectivity index (χ1n) is 8.11. The highest BCUT2D eigenvalue weighted by molar-refractivity contribution is 5.87. The van der Waals surface area contributed by atoms with Crippen molar-refractivity contribution < 1.29 is 23.1 Å². The van der Waals surface area contributed by atoms with Crippen LogP contribution in [0.4, 0.5) is 13.2 Å². The number of aliphatic carboxylic acids is 1. The Morgan fingerprint density at radius 2 is 1.42 bits per heavy atom. The molecule has 2 aromatic rings. The summed E-state index contributed by atoms with van der Waals surface area (Å²) in [6.45, 7) is 1.47. The third kappa shape index (κ3) is 5.65. The van der Waals surface area contributed by atoms with E-state index in [2.05, 4.69) is 0 Å². The van der Waals surface area contributed by atoms with Crippen molar-refractivity contribution in [3.63, 3.8) is 0 Å². The van der Waals surface area contributed by atoms with Gasteiger partial charge in [0.05, 0.1) is 11.5 Å². The van der Waals surface area contributed by atoms with Crippen molar-refractivity contribution in [1.82, 2.24) is 4.90 Å². The number of hydrogen-bond acceptors (Lipinski definition) is 2. The summed E-state index contributed by atoms with van der Waals surface area (Å²) in [5.41, 5.74) is 1.08. The Bertz CT molecular complexity index is 701. The molecule has 6 heteroatoms. The predicted molar refractivity (Wildman–Crippen MR) is 93.1 cm³/mol. The van der Waals surface area contributed by atoms with Crippen molar-refractivity contribution in [2.24, 2.45) is 5.92 Å². The molecule has 0 aromatic heterocycles. The molecule has 26 heavy (non-hydrogen) atoms. The summed E-state index contributed by atoms with van der Waals surface area (Å²) in [5.74, 6) is -3.63. The van der Waals surface area contributed by atoms with E-state index in [4.69, 9.17) is 0 Å². The number of benzene rings is 2. The highest BCUT2D eigenvalue weighted by Crippen LogP contribution is 2.32. The quantitative estimate of drug-likeness (QED) is 0.715. The number of alkyl halides is 3. The lowest BCUT2D eigenvalue weighted by molar-refractivity contribution is -0.165. The number of carboxylic acids is 1. The third-order valence-electron chi connectivity index (χ3n) is 3.98. The van der Waals surface area contributed by atoms with E-state index in [1.165, 1.54) is 0 Å². The van der Waals surface area contributed by atoms with Crippen LogP contribution in [0.25, 0.3) is 0 Å². The highest BCUT2D eigenvalue weighted by Gasteiger charge is 2.41. The molecule has 2 aromatic carbocycles. The molecular weight excluding hydrogens is 343 g/mol. The molecule has 0 fully saturated rings. The monoisotopic (exact) mass is 363 g/mol. The van der Waals surface area contributed by atoms with Crippen LogP contribution in [-0.2, 0) is 17.9 Å². The second kappa shape index (κ2) is 8.56. The lowest BCUT2D eigenvalue weighted by atomic mass is 10.0. The fraction of sp³-hybridized carbons (Fsp3) is 0.250. The molecule has 0 saturated carbocycles. The molecule has 1 unspecified atom stereocenters. The molecule has 0 spiro atoms. The topological polar surface area (TPSA) is 40.5 Å². The second-order valence-electron chi connectivity index (χ2n) is 6.03. The van der Waals surface area contributed by atoms with Gasteiger partial charge < -0.3 is 10.0 Å². The van der Waals surface area contributed by atoms with Gasteiger partial charge in [0, 0.05) is 19.3 Å². The number of carbonyl (C=O) groups is 1. The molecule has 0 heterocycles. The van der Waals surface area contributed by atoms with Crippen LogP contribution in [-0.4, -0.2) is 22.2 Å². The summed E-state index contributed by atoms with van der Waals surface area (Å²) in [5, 5.41) is 9.29. The summed E-state index contributed by atoms with van der Waals surface area (Å²) in [7, 11) is 0. The van der Waals surface area contributed by atoms with Crippen molar-refractivity contribution in [2.75, 3.05) is 0 Å². The van der Waals surface area contributed by atoms with Gasteiger partial charge in [0.25, 0.3) is 0 Å². The van der Waals surface area contributed by atoms with E-state index < -0.39 is 23.6 Å². The van der Waals surface area contributed by atoms with Crippen molar-refractivity contribution in [3.05, 3.63) is 83.6 Å². The summed E-state index contributed by atoms with van der Waals surface area (Å²) >= 11 is 0. The Labute approximate surface area is 150 Å². The zero-order valence-electron chi connectivity index (χ0n) is 14.3. The average molecular weight is 363 g/mol. The molecule has 0 bridgehead atoms. The van der Waals surface area contributed by atoms with Gasteiger partial charge in [0.2, 0.25) is 0 Å². The van der Waals surface area contributed by atoms with Crippen LogP contribution in [0.15, 0.2) is 72.4 Å². The SMILES string of the molecule is CC(/C(=C\N(Cc1ccccc1)Cc1ccccc1)C(=O)O)C(F)(F)F. The third-order valence-corrected chi connectivity index (χ3v) is 3.98. The number of rotatable bonds is 7. The largest absolute Gasteiger partial charge is 0.478 e. The van der Waals surface area contributed by atoms with Gasteiger partial charge >= 0.3 is 12.1 Å². The Balaban J connectivity index is 2.35. The van der Waals surface area contributed by atoms with E-state index in [1.54, 1.807) is 4.90 Å². The number of nitrogens with zero attached hydrogens (tertiary/aromatic N) is 1. The van der Waals surface area contributed by atoms with E-state index >= 15 is 0 Å². The lowest BCUT2D eigenvalue weighted by Crippen LogP contribution is -2.28. The van der Waals surface area contributed by atoms with Crippen LogP contribution in [0.1, 0.15) is 18.1 Å². The molecule has 1 N–H and O–H groups in total. The first-order chi connectivity index (χ1) is 12.3. The molecular formula is C20H20F3NO2. The molecule has 138 valence electrons. The predicted octanol–water partition coefficient (Wildman–Crippen LogP) is 4.86. The van der Waals surface area contributed by atoms with Gasteiger partial charge in [-0.2, -0.15) is 13.2 Å². The maximum Gasteiger partial charge on any atom is 0.395 e. The number of carboxylic acid groups (broad SMARTS) is 1. The zero-order valence-corrected chi connectivity index (χ0v) is 14.3. The van der Waals surface area contributed by atoms with Gasteiger partial charge in [-0.25, -0.2) is 4.79 Å². The van der Waals surface area contributed by atoms with Crippen LogP contribution < -0.4 is 0 Å². The van der Waals surface area contributed by atoms with Crippen LogP contribution in [0.3, 0.4) is 0 Å². The van der Waals surface area contributed by atoms with Gasteiger partial charge in [0.1, 0.15) is 0 Å². The molecule has 0 aliphatic heterocycles. The maximum atomic E-state index is 13.0. The van der Waals surface area contributed by atoms with Crippen molar-refractivity contribution in [1.29, 1.82) is 0 Å². The number of hydrogen-bond donors (Lipinski definition) is 1. The van der Waals surface area contributed by atoms with Crippen LogP contribution in [0, 0.1) is 5.92 Å². The van der Waals surface area contributed by atoms with E-state index in [0.717, 1.165) is 24.3 Å². The molecule has 3 nitrogen and oxygen atoms in total. The average Bonchev–Trinajstić information content (AvgIpc) is 2.59. The Hall–Kier alpha value is -2.76. The molecule has 0 radical (unpaired) electrons. The highest BCUT2D eigenvalue weighted by atomic mass is 19.4. The lowest BCUT2D eigenvalue weighted by Gasteiger charge is -2.24. The summed E-state index contributed by atoms with van der Waals surface area (Å²) in [6.07, 6.45) is -3.50. The normalized spacial score (nSPS) is 13.3. The minimum absolute atomic E-state index is 0.303. The van der Waals surface area contributed by atoms with Crippen molar-refractivity contribution >= 4 is 5.97 Å². The van der Waals surface area contributed by atoms with E-state index in [9.17, 15) is 23.1 Å².